The predicted molar refractivity (Wildman–Crippen MR) is 148 cm³/mol. The minimum atomic E-state index is -0.330. The summed E-state index contributed by atoms with van der Waals surface area (Å²) in [5.41, 5.74) is 1.64. The van der Waals surface area contributed by atoms with E-state index in [2.05, 4.69) is 15.5 Å². The van der Waals surface area contributed by atoms with Gasteiger partial charge in [-0.05, 0) is 61.5 Å². The molecule has 1 aliphatic rings. The Balaban J connectivity index is 1.30. The fraction of sp³-hybridized carbons (Fsp3) is 0.310. The van der Waals surface area contributed by atoms with Gasteiger partial charge in [-0.2, -0.15) is 0 Å². The second kappa shape index (κ2) is 13.5. The summed E-state index contributed by atoms with van der Waals surface area (Å²) in [6.07, 6.45) is 0.856. The minimum absolute atomic E-state index is 0.208. The molecule has 200 valence electrons. The molecule has 1 fully saturated rings. The van der Waals surface area contributed by atoms with Gasteiger partial charge in [0.1, 0.15) is 17.2 Å². The first-order valence-electron chi connectivity index (χ1n) is 12.7. The maximum atomic E-state index is 12.9. The van der Waals surface area contributed by atoms with Crippen molar-refractivity contribution < 1.29 is 23.8 Å². The summed E-state index contributed by atoms with van der Waals surface area (Å²) in [7, 11) is 3.16. The van der Waals surface area contributed by atoms with Gasteiger partial charge < -0.3 is 24.8 Å². The molecule has 0 aliphatic carbocycles. The third-order valence-electron chi connectivity index (χ3n) is 6.25. The van der Waals surface area contributed by atoms with Crippen molar-refractivity contribution in [3.05, 3.63) is 78.4 Å². The van der Waals surface area contributed by atoms with Crippen molar-refractivity contribution in [1.29, 1.82) is 0 Å². The van der Waals surface area contributed by atoms with Gasteiger partial charge in [0.2, 0.25) is 0 Å². The smallest absolute Gasteiger partial charge is 0.326 e. The van der Waals surface area contributed by atoms with E-state index >= 15 is 0 Å². The van der Waals surface area contributed by atoms with Gasteiger partial charge in [0.25, 0.3) is 5.91 Å². The molecule has 2 N–H and O–H groups in total. The SMILES string of the molecule is COc1cc(N(C)C(=O)Nc2ccc(Oc3ccccc3)cc2)ccc1C(=O)NCCCN1CCOCC1. The van der Waals surface area contributed by atoms with Crippen molar-refractivity contribution in [2.45, 2.75) is 6.42 Å². The zero-order chi connectivity index (χ0) is 26.7. The minimum Gasteiger partial charge on any atom is -0.496 e. The number of morpholine rings is 1. The Labute approximate surface area is 223 Å². The van der Waals surface area contributed by atoms with Crippen LogP contribution in [0.5, 0.6) is 17.2 Å². The molecule has 3 amide bonds. The number of para-hydroxylation sites is 1. The number of carbonyl (C=O) groups is 2. The van der Waals surface area contributed by atoms with Crippen LogP contribution in [-0.2, 0) is 4.74 Å². The summed E-state index contributed by atoms with van der Waals surface area (Å²) in [5.74, 6) is 1.60. The number of nitrogens with one attached hydrogen (secondary N) is 2. The van der Waals surface area contributed by atoms with Crippen molar-refractivity contribution >= 4 is 23.3 Å². The molecule has 0 bridgehead atoms. The molecule has 0 unspecified atom stereocenters. The average molecular weight is 519 g/mol. The van der Waals surface area contributed by atoms with Crippen molar-refractivity contribution in [2.24, 2.45) is 0 Å². The maximum Gasteiger partial charge on any atom is 0.326 e. The number of hydrogen-bond donors (Lipinski definition) is 2. The molecule has 4 rings (SSSR count). The molecular formula is C29H34N4O5. The van der Waals surface area contributed by atoms with Crippen LogP contribution in [0.1, 0.15) is 16.8 Å². The van der Waals surface area contributed by atoms with Gasteiger partial charge >= 0.3 is 6.03 Å². The molecule has 9 heteroatoms. The van der Waals surface area contributed by atoms with Gasteiger partial charge in [0.15, 0.2) is 0 Å². The van der Waals surface area contributed by atoms with E-state index in [1.54, 1.807) is 49.5 Å². The molecule has 0 radical (unpaired) electrons. The van der Waals surface area contributed by atoms with Crippen LogP contribution in [0.2, 0.25) is 0 Å². The average Bonchev–Trinajstić information content (AvgIpc) is 2.96. The molecule has 3 aromatic carbocycles. The Morgan fingerprint density at radius 3 is 2.39 bits per heavy atom. The van der Waals surface area contributed by atoms with Gasteiger partial charge in [0.05, 0.1) is 25.9 Å². The molecule has 38 heavy (non-hydrogen) atoms. The van der Waals surface area contributed by atoms with Gasteiger partial charge in [-0.25, -0.2) is 4.79 Å². The van der Waals surface area contributed by atoms with Crippen LogP contribution >= 0.6 is 0 Å². The van der Waals surface area contributed by atoms with Crippen molar-refractivity contribution in [2.75, 3.05) is 63.8 Å². The number of ether oxygens (including phenoxy) is 3. The summed E-state index contributed by atoms with van der Waals surface area (Å²) in [6, 6.07) is 21.4. The molecule has 1 aliphatic heterocycles. The first kappa shape index (κ1) is 27.0. The Kier molecular flexibility index (Phi) is 9.55. The van der Waals surface area contributed by atoms with E-state index in [1.807, 2.05) is 30.3 Å². The highest BCUT2D eigenvalue weighted by Gasteiger charge is 2.17. The van der Waals surface area contributed by atoms with Crippen LogP contribution in [0, 0.1) is 0 Å². The van der Waals surface area contributed by atoms with Crippen LogP contribution in [0.3, 0.4) is 0 Å². The Hall–Kier alpha value is -4.08. The first-order valence-corrected chi connectivity index (χ1v) is 12.7. The van der Waals surface area contributed by atoms with E-state index in [0.717, 1.165) is 45.0 Å². The molecule has 1 heterocycles. The third-order valence-corrected chi connectivity index (χ3v) is 6.25. The fourth-order valence-corrected chi connectivity index (χ4v) is 4.06. The largest absolute Gasteiger partial charge is 0.496 e. The van der Waals surface area contributed by atoms with Crippen LogP contribution in [0.25, 0.3) is 0 Å². The van der Waals surface area contributed by atoms with Crippen molar-refractivity contribution in [3.63, 3.8) is 0 Å². The van der Waals surface area contributed by atoms with Gasteiger partial charge in [-0.1, -0.05) is 18.2 Å². The number of benzene rings is 3. The number of urea groups is 1. The van der Waals surface area contributed by atoms with Gasteiger partial charge in [0, 0.05) is 44.1 Å². The summed E-state index contributed by atoms with van der Waals surface area (Å²) in [4.78, 5) is 29.4. The molecule has 3 aromatic rings. The quantitative estimate of drug-likeness (QED) is 0.381. The highest BCUT2D eigenvalue weighted by Crippen LogP contribution is 2.27. The number of carbonyl (C=O) groups excluding carboxylic acids is 2. The van der Waals surface area contributed by atoms with Crippen molar-refractivity contribution in [1.82, 2.24) is 10.2 Å². The van der Waals surface area contributed by atoms with E-state index in [4.69, 9.17) is 14.2 Å². The second-order valence-corrected chi connectivity index (χ2v) is 8.88. The summed E-state index contributed by atoms with van der Waals surface area (Å²) < 4.78 is 16.6. The lowest BCUT2D eigenvalue weighted by Gasteiger charge is -2.26. The van der Waals surface area contributed by atoms with Gasteiger partial charge in [-0.15, -0.1) is 0 Å². The monoisotopic (exact) mass is 518 g/mol. The van der Waals surface area contributed by atoms with Crippen LogP contribution < -0.4 is 25.0 Å². The topological polar surface area (TPSA) is 92.4 Å². The highest BCUT2D eigenvalue weighted by atomic mass is 16.5. The summed E-state index contributed by atoms with van der Waals surface area (Å²) >= 11 is 0. The van der Waals surface area contributed by atoms with E-state index in [0.29, 0.717) is 35.0 Å². The zero-order valence-corrected chi connectivity index (χ0v) is 21.8. The molecular weight excluding hydrogens is 484 g/mol. The number of amides is 3. The molecule has 1 saturated heterocycles. The number of nitrogens with zero attached hydrogens (tertiary/aromatic N) is 2. The van der Waals surface area contributed by atoms with Crippen molar-refractivity contribution in [3.8, 4) is 17.2 Å². The van der Waals surface area contributed by atoms with E-state index in [9.17, 15) is 9.59 Å². The number of methoxy groups -OCH3 is 1. The molecule has 9 nitrogen and oxygen atoms in total. The Bertz CT molecular complexity index is 1200. The standard InChI is InChI=1S/C29H34N4O5/c1-32(29(35)31-22-9-12-25(13-10-22)38-24-7-4-3-5-8-24)23-11-14-26(27(21-23)36-2)28(34)30-15-6-16-33-17-19-37-20-18-33/h3-5,7-14,21H,6,15-20H2,1-2H3,(H,30,34)(H,31,35). The first-order chi connectivity index (χ1) is 18.5. The van der Waals surface area contributed by atoms with E-state index < -0.39 is 0 Å². The lowest BCUT2D eigenvalue weighted by atomic mass is 10.1. The molecule has 0 aromatic heterocycles. The Morgan fingerprint density at radius 1 is 0.974 bits per heavy atom. The third kappa shape index (κ3) is 7.47. The second-order valence-electron chi connectivity index (χ2n) is 8.88. The molecule has 0 saturated carbocycles. The van der Waals surface area contributed by atoms with Crippen LogP contribution in [0.15, 0.2) is 72.8 Å². The summed E-state index contributed by atoms with van der Waals surface area (Å²) in [6.45, 7) is 4.87. The summed E-state index contributed by atoms with van der Waals surface area (Å²) in [5, 5.41) is 5.82. The predicted octanol–water partition coefficient (Wildman–Crippen LogP) is 4.61. The van der Waals surface area contributed by atoms with E-state index in [1.165, 1.54) is 12.0 Å². The lowest BCUT2D eigenvalue weighted by Crippen LogP contribution is -2.38. The maximum absolute atomic E-state index is 12.9. The van der Waals surface area contributed by atoms with Gasteiger partial charge in [-0.3, -0.25) is 14.6 Å². The Morgan fingerprint density at radius 2 is 1.68 bits per heavy atom. The number of hydrogen-bond acceptors (Lipinski definition) is 6. The van der Waals surface area contributed by atoms with Crippen LogP contribution in [-0.4, -0.2) is 70.4 Å². The number of rotatable bonds is 10. The van der Waals surface area contributed by atoms with E-state index in [-0.39, 0.29) is 11.9 Å². The van der Waals surface area contributed by atoms with Crippen LogP contribution in [0.4, 0.5) is 16.2 Å². The lowest BCUT2D eigenvalue weighted by molar-refractivity contribution is 0.0374. The normalized spacial score (nSPS) is 13.4. The molecule has 0 atom stereocenters. The highest BCUT2D eigenvalue weighted by molar-refractivity contribution is 6.02. The molecule has 0 spiro atoms. The zero-order valence-electron chi connectivity index (χ0n) is 21.8. The fourth-order valence-electron chi connectivity index (χ4n) is 4.06. The number of anilines is 2.